The smallest absolute Gasteiger partial charge is 0.323 e. The van der Waals surface area contributed by atoms with Gasteiger partial charge in [-0.2, -0.15) is 9.98 Å². The number of rotatable bonds is 8. The zero-order valence-corrected chi connectivity index (χ0v) is 15.3. The van der Waals surface area contributed by atoms with Crippen LogP contribution in [0.2, 0.25) is 0 Å². The van der Waals surface area contributed by atoms with E-state index in [0.717, 1.165) is 0 Å². The molecule has 146 valence electrons. The molecule has 2 rings (SSSR count). The number of amidine groups is 1. The highest BCUT2D eigenvalue weighted by atomic mass is 35.5. The Bertz CT molecular complexity index is 623. The molecule has 26 heavy (non-hydrogen) atoms. The lowest BCUT2D eigenvalue weighted by atomic mass is 10.1. The highest BCUT2D eigenvalue weighted by Crippen LogP contribution is 2.14. The van der Waals surface area contributed by atoms with Gasteiger partial charge >= 0.3 is 5.97 Å². The predicted octanol–water partition coefficient (Wildman–Crippen LogP) is -1.76. The Kier molecular flexibility index (Phi) is 8.08. The monoisotopic (exact) mass is 390 g/mol. The summed E-state index contributed by atoms with van der Waals surface area (Å²) in [5, 5.41) is 9.35. The Morgan fingerprint density at radius 1 is 1.42 bits per heavy atom. The van der Waals surface area contributed by atoms with Crippen molar-refractivity contribution in [1.82, 2.24) is 4.90 Å². The second-order valence-electron chi connectivity index (χ2n) is 5.92. The highest BCUT2D eigenvalue weighted by molar-refractivity contribution is 6.21. The fraction of sp³-hybridized carbons (Fsp3) is 0.643. The number of esters is 1. The van der Waals surface area contributed by atoms with Crippen LogP contribution in [0, 0.1) is 5.92 Å². The van der Waals surface area contributed by atoms with Crippen molar-refractivity contribution >= 4 is 42.4 Å². The molecule has 12 heteroatoms. The zero-order valence-electron chi connectivity index (χ0n) is 14.4. The number of nitrogens with zero attached hydrogens (tertiary/aromatic N) is 4. The van der Waals surface area contributed by atoms with E-state index in [2.05, 4.69) is 15.0 Å². The Hall–Kier alpha value is -2.08. The highest BCUT2D eigenvalue weighted by Gasteiger charge is 2.35. The van der Waals surface area contributed by atoms with Crippen molar-refractivity contribution in [2.75, 3.05) is 19.9 Å². The quantitative estimate of drug-likeness (QED) is 0.410. The lowest BCUT2D eigenvalue weighted by Crippen LogP contribution is -2.42. The molecule has 2 aliphatic heterocycles. The van der Waals surface area contributed by atoms with Gasteiger partial charge in [0, 0.05) is 0 Å². The standard InChI is InChI=1S/C14H22N6O5.ClH/c1-7(2)9(15)13(23)24-4-8(3-21)25-6-20-5-17-10-11(20)18-14(16)19-12(10)22;/h5,7-10,21H,3-4,6,15H2,1-2H3,(H2,16,19,22);1H/t8?,9-,10?;/m0./s1. The summed E-state index contributed by atoms with van der Waals surface area (Å²) in [5.74, 6) is -0.981. The maximum Gasteiger partial charge on any atom is 0.323 e. The van der Waals surface area contributed by atoms with Crippen LogP contribution in [0.3, 0.4) is 0 Å². The molecule has 0 aromatic heterocycles. The SMILES string of the molecule is CC(C)[C@H](N)C(=O)OCC(CO)OCN1C=NC2C(=O)N=C(N)N=C21.Cl. The normalized spacial score (nSPS) is 20.9. The van der Waals surface area contributed by atoms with Gasteiger partial charge in [-0.15, -0.1) is 12.4 Å². The van der Waals surface area contributed by atoms with Gasteiger partial charge in [-0.1, -0.05) is 13.8 Å². The van der Waals surface area contributed by atoms with E-state index in [1.54, 1.807) is 13.8 Å². The minimum atomic E-state index is -0.828. The van der Waals surface area contributed by atoms with Gasteiger partial charge in [-0.05, 0) is 5.92 Å². The van der Waals surface area contributed by atoms with E-state index in [1.165, 1.54) is 11.2 Å². The number of guanidine groups is 1. The summed E-state index contributed by atoms with van der Waals surface area (Å²) < 4.78 is 10.5. The molecule has 1 amide bonds. The van der Waals surface area contributed by atoms with Gasteiger partial charge < -0.3 is 26.0 Å². The first-order valence-electron chi connectivity index (χ1n) is 7.74. The van der Waals surface area contributed by atoms with Crippen molar-refractivity contribution in [1.29, 1.82) is 0 Å². The van der Waals surface area contributed by atoms with Gasteiger partial charge in [0.1, 0.15) is 25.5 Å². The summed E-state index contributed by atoms with van der Waals surface area (Å²) in [6, 6.07) is -1.57. The second kappa shape index (κ2) is 9.57. The maximum atomic E-state index is 11.7. The van der Waals surface area contributed by atoms with Crippen LogP contribution in [0.1, 0.15) is 13.8 Å². The van der Waals surface area contributed by atoms with Crippen LogP contribution in [0.4, 0.5) is 0 Å². The molecule has 11 nitrogen and oxygen atoms in total. The van der Waals surface area contributed by atoms with Crippen molar-refractivity contribution in [2.24, 2.45) is 32.4 Å². The first-order chi connectivity index (χ1) is 11.8. The Morgan fingerprint density at radius 3 is 2.73 bits per heavy atom. The number of nitrogens with two attached hydrogens (primary N) is 2. The summed E-state index contributed by atoms with van der Waals surface area (Å²) >= 11 is 0. The number of halogens is 1. The number of aliphatic hydroxyl groups is 1. The molecule has 2 unspecified atom stereocenters. The number of hydrogen-bond acceptors (Lipinski definition) is 10. The maximum absolute atomic E-state index is 11.7. The fourth-order valence-electron chi connectivity index (χ4n) is 2.03. The van der Waals surface area contributed by atoms with E-state index >= 15 is 0 Å². The van der Waals surface area contributed by atoms with Crippen molar-refractivity contribution in [3.8, 4) is 0 Å². The number of ether oxygens (including phenoxy) is 2. The summed E-state index contributed by atoms with van der Waals surface area (Å²) in [4.78, 5) is 36.4. The van der Waals surface area contributed by atoms with Gasteiger partial charge in [0.2, 0.25) is 5.96 Å². The Balaban J connectivity index is 0.00000338. The first kappa shape index (κ1) is 22.0. The van der Waals surface area contributed by atoms with Crippen molar-refractivity contribution in [2.45, 2.75) is 32.0 Å². The topological polar surface area (TPSA) is 165 Å². The number of aliphatic imine (C=N–C) groups is 3. The van der Waals surface area contributed by atoms with Gasteiger partial charge in [0.15, 0.2) is 11.9 Å². The third kappa shape index (κ3) is 5.21. The number of carbonyl (C=O) groups excluding carboxylic acids is 2. The Labute approximate surface area is 156 Å². The second-order valence-corrected chi connectivity index (χ2v) is 5.92. The van der Waals surface area contributed by atoms with E-state index in [-0.39, 0.29) is 44.2 Å². The average Bonchev–Trinajstić information content (AvgIpc) is 2.97. The molecule has 0 saturated heterocycles. The van der Waals surface area contributed by atoms with E-state index in [1.807, 2.05) is 0 Å². The molecule has 0 saturated carbocycles. The van der Waals surface area contributed by atoms with Gasteiger partial charge in [-0.25, -0.2) is 0 Å². The molecule has 0 fully saturated rings. The summed E-state index contributed by atoms with van der Waals surface area (Å²) in [6.07, 6.45) is 0.617. The molecule has 0 aliphatic carbocycles. The largest absolute Gasteiger partial charge is 0.462 e. The molecule has 0 spiro atoms. The molecule has 5 N–H and O–H groups in total. The molecule has 0 bridgehead atoms. The first-order valence-corrected chi connectivity index (χ1v) is 7.74. The number of aliphatic hydroxyl groups excluding tert-OH is 1. The fourth-order valence-corrected chi connectivity index (χ4v) is 2.03. The van der Waals surface area contributed by atoms with Crippen LogP contribution >= 0.6 is 12.4 Å². The van der Waals surface area contributed by atoms with Crippen LogP contribution in [-0.2, 0) is 19.1 Å². The van der Waals surface area contributed by atoms with Crippen LogP contribution in [0.25, 0.3) is 0 Å². The molecule has 0 radical (unpaired) electrons. The molecule has 0 aromatic rings. The number of hydrogen-bond donors (Lipinski definition) is 3. The summed E-state index contributed by atoms with van der Waals surface area (Å²) in [7, 11) is 0. The van der Waals surface area contributed by atoms with Gasteiger partial charge in [0.05, 0.1) is 12.9 Å². The zero-order chi connectivity index (χ0) is 18.6. The molecule has 2 heterocycles. The van der Waals surface area contributed by atoms with Crippen LogP contribution in [-0.4, -0.2) is 78.1 Å². The molecule has 3 atom stereocenters. The van der Waals surface area contributed by atoms with Gasteiger partial charge in [-0.3, -0.25) is 19.5 Å². The van der Waals surface area contributed by atoms with E-state index < -0.39 is 30.1 Å². The average molecular weight is 391 g/mol. The predicted molar refractivity (Wildman–Crippen MR) is 96.0 cm³/mol. The van der Waals surface area contributed by atoms with Crippen molar-refractivity contribution in [3.05, 3.63) is 0 Å². The third-order valence-electron chi connectivity index (χ3n) is 3.64. The lowest BCUT2D eigenvalue weighted by Gasteiger charge is -2.23. The van der Waals surface area contributed by atoms with Crippen molar-refractivity contribution < 1.29 is 24.2 Å². The molecule has 0 aromatic carbocycles. The van der Waals surface area contributed by atoms with E-state index in [0.29, 0.717) is 5.84 Å². The Morgan fingerprint density at radius 2 is 2.12 bits per heavy atom. The van der Waals surface area contributed by atoms with Gasteiger partial charge in [0.25, 0.3) is 5.91 Å². The number of carbonyl (C=O) groups is 2. The number of fused-ring (bicyclic) bond motifs is 1. The lowest BCUT2D eigenvalue weighted by molar-refractivity contribution is -0.152. The van der Waals surface area contributed by atoms with Crippen LogP contribution < -0.4 is 11.5 Å². The van der Waals surface area contributed by atoms with Crippen LogP contribution in [0.5, 0.6) is 0 Å². The van der Waals surface area contributed by atoms with Crippen LogP contribution in [0.15, 0.2) is 15.0 Å². The summed E-state index contributed by atoms with van der Waals surface area (Å²) in [6.45, 7) is 3.03. The van der Waals surface area contributed by atoms with E-state index in [4.69, 9.17) is 20.9 Å². The van der Waals surface area contributed by atoms with Crippen molar-refractivity contribution in [3.63, 3.8) is 0 Å². The minimum absolute atomic E-state index is 0. The molecular formula is C14H23ClN6O5. The third-order valence-corrected chi connectivity index (χ3v) is 3.64. The minimum Gasteiger partial charge on any atom is -0.462 e. The number of amides is 1. The molecular weight excluding hydrogens is 368 g/mol. The van der Waals surface area contributed by atoms with E-state index in [9.17, 15) is 14.7 Å². The summed E-state index contributed by atoms with van der Waals surface area (Å²) in [5.41, 5.74) is 11.2. The molecule has 2 aliphatic rings.